The van der Waals surface area contributed by atoms with Gasteiger partial charge < -0.3 is 33.8 Å². The summed E-state index contributed by atoms with van der Waals surface area (Å²) >= 11 is 0. The topological polar surface area (TPSA) is 237 Å². The quantitative estimate of drug-likeness (QED) is 0.0222. The van der Waals surface area contributed by atoms with Gasteiger partial charge in [-0.3, -0.25) is 37.3 Å². The lowest BCUT2D eigenvalue weighted by atomic mass is 10.0. The van der Waals surface area contributed by atoms with Crippen molar-refractivity contribution in [3.63, 3.8) is 0 Å². The third-order valence-corrected chi connectivity index (χ3v) is 18.9. The fourth-order valence-corrected chi connectivity index (χ4v) is 12.7. The first-order chi connectivity index (χ1) is 44.4. The second-order valence-corrected chi connectivity index (χ2v) is 30.2. The molecule has 3 N–H and O–H groups in total. The molecule has 0 amide bonds. The van der Waals surface area contributed by atoms with Crippen LogP contribution in [0.2, 0.25) is 0 Å². The summed E-state index contributed by atoms with van der Waals surface area (Å²) < 4.78 is 68.4. The molecule has 0 aromatic heterocycles. The molecule has 0 aromatic rings. The molecular weight excluding hydrogens is 1210 g/mol. The summed E-state index contributed by atoms with van der Waals surface area (Å²) in [5.41, 5.74) is 0. The van der Waals surface area contributed by atoms with E-state index in [1.807, 2.05) is 0 Å². The van der Waals surface area contributed by atoms with Crippen LogP contribution < -0.4 is 0 Å². The number of rotatable bonds is 72. The van der Waals surface area contributed by atoms with E-state index in [-0.39, 0.29) is 25.7 Å². The minimum absolute atomic E-state index is 0.104. The van der Waals surface area contributed by atoms with Crippen LogP contribution in [0, 0.1) is 11.8 Å². The number of aliphatic hydroxyl groups is 1. The zero-order valence-corrected chi connectivity index (χ0v) is 61.6. The van der Waals surface area contributed by atoms with Gasteiger partial charge in [-0.2, -0.15) is 0 Å². The van der Waals surface area contributed by atoms with E-state index < -0.39 is 97.5 Å². The summed E-state index contributed by atoms with van der Waals surface area (Å²) in [5, 5.41) is 10.6. The fourth-order valence-electron chi connectivity index (χ4n) is 11.1. The maximum absolute atomic E-state index is 13.1. The standard InChI is InChI=1S/C73H142O17P2/c1-7-9-11-13-15-17-19-20-21-25-28-32-38-44-50-56-71(76)84-61-68(89-72(77)57-51-45-39-33-29-26-23-22-24-27-30-35-41-47-53-65(3)4)63-87-91(79,80)85-59-67(74)60-86-92(81,82)88-64-69(90-73(78)58-52-46-40-34-36-42-48-54-66(5)6)62-83-70(75)55-49-43-37-31-18-16-14-12-10-8-2/h65-69,74H,7-64H2,1-6H3,(H,79,80)(H,81,82)/t67-,68-,69-/m1/s1. The Kier molecular flexibility index (Phi) is 63.7. The van der Waals surface area contributed by atoms with Crippen molar-refractivity contribution in [1.29, 1.82) is 0 Å². The summed E-state index contributed by atoms with van der Waals surface area (Å²) in [7, 11) is -9.90. The smallest absolute Gasteiger partial charge is 0.462 e. The van der Waals surface area contributed by atoms with Gasteiger partial charge in [0.05, 0.1) is 26.4 Å². The predicted octanol–water partition coefficient (Wildman–Crippen LogP) is 21.2. The van der Waals surface area contributed by atoms with E-state index in [0.717, 1.165) is 95.8 Å². The zero-order valence-electron chi connectivity index (χ0n) is 59.9. The van der Waals surface area contributed by atoms with Gasteiger partial charge in [0.15, 0.2) is 12.2 Å². The van der Waals surface area contributed by atoms with Crippen LogP contribution in [0.4, 0.5) is 0 Å². The Bertz CT molecular complexity index is 1790. The van der Waals surface area contributed by atoms with Crippen LogP contribution in [0.5, 0.6) is 0 Å². The molecule has 546 valence electrons. The number of phosphoric ester groups is 2. The number of unbranched alkanes of at least 4 members (excludes halogenated alkanes) is 42. The largest absolute Gasteiger partial charge is 0.472 e. The van der Waals surface area contributed by atoms with Gasteiger partial charge in [-0.05, 0) is 37.5 Å². The Morgan fingerprint density at radius 3 is 0.739 bits per heavy atom. The summed E-state index contributed by atoms with van der Waals surface area (Å²) in [6.07, 6.45) is 51.4. The molecule has 0 radical (unpaired) electrons. The lowest BCUT2D eigenvalue weighted by molar-refractivity contribution is -0.161. The van der Waals surface area contributed by atoms with Gasteiger partial charge in [0.2, 0.25) is 0 Å². The number of carbonyl (C=O) groups excluding carboxylic acids is 4. The molecule has 0 rings (SSSR count). The lowest BCUT2D eigenvalue weighted by Gasteiger charge is -2.21. The minimum Gasteiger partial charge on any atom is -0.462 e. The summed E-state index contributed by atoms with van der Waals surface area (Å²) in [6, 6.07) is 0. The maximum atomic E-state index is 13.1. The van der Waals surface area contributed by atoms with Gasteiger partial charge in [0.25, 0.3) is 0 Å². The molecule has 2 unspecified atom stereocenters. The Morgan fingerprint density at radius 2 is 0.500 bits per heavy atom. The number of carbonyl (C=O) groups is 4. The normalized spacial score (nSPS) is 14.1. The van der Waals surface area contributed by atoms with Crippen molar-refractivity contribution in [3.8, 4) is 0 Å². The first kappa shape index (κ1) is 90.1. The molecule has 0 spiro atoms. The van der Waals surface area contributed by atoms with Crippen molar-refractivity contribution in [3.05, 3.63) is 0 Å². The summed E-state index contributed by atoms with van der Waals surface area (Å²) in [4.78, 5) is 72.6. The monoisotopic (exact) mass is 1350 g/mol. The van der Waals surface area contributed by atoms with E-state index in [4.69, 9.17) is 37.0 Å². The zero-order chi connectivity index (χ0) is 67.9. The number of hydrogen-bond donors (Lipinski definition) is 3. The van der Waals surface area contributed by atoms with E-state index in [1.54, 1.807) is 0 Å². The van der Waals surface area contributed by atoms with E-state index >= 15 is 0 Å². The van der Waals surface area contributed by atoms with Crippen LogP contribution in [0.3, 0.4) is 0 Å². The van der Waals surface area contributed by atoms with E-state index in [2.05, 4.69) is 41.5 Å². The van der Waals surface area contributed by atoms with Crippen LogP contribution in [0.1, 0.15) is 375 Å². The van der Waals surface area contributed by atoms with E-state index in [1.165, 1.54) is 193 Å². The number of esters is 4. The Balaban J connectivity index is 5.23. The van der Waals surface area contributed by atoms with Gasteiger partial charge in [0.1, 0.15) is 19.3 Å². The summed E-state index contributed by atoms with van der Waals surface area (Å²) in [6.45, 7) is 9.53. The van der Waals surface area contributed by atoms with Crippen LogP contribution >= 0.6 is 15.6 Å². The first-order valence-corrected chi connectivity index (χ1v) is 41.0. The molecule has 0 bridgehead atoms. The predicted molar refractivity (Wildman–Crippen MR) is 372 cm³/mol. The highest BCUT2D eigenvalue weighted by Crippen LogP contribution is 2.45. The number of hydrogen-bond acceptors (Lipinski definition) is 15. The van der Waals surface area contributed by atoms with Gasteiger partial charge in [-0.15, -0.1) is 0 Å². The second-order valence-electron chi connectivity index (χ2n) is 27.3. The third kappa shape index (κ3) is 66.7. The first-order valence-electron chi connectivity index (χ1n) is 38.0. The molecule has 0 aliphatic rings. The average Bonchev–Trinajstić information content (AvgIpc) is 3.22. The highest BCUT2D eigenvalue weighted by Gasteiger charge is 2.30. The molecule has 0 fully saturated rings. The molecule has 17 nitrogen and oxygen atoms in total. The van der Waals surface area contributed by atoms with Crippen LogP contribution in [-0.2, 0) is 65.4 Å². The van der Waals surface area contributed by atoms with Crippen molar-refractivity contribution in [2.45, 2.75) is 394 Å². The van der Waals surface area contributed by atoms with Gasteiger partial charge in [0, 0.05) is 25.7 Å². The SMILES string of the molecule is CCCCCCCCCCCCCCCCCC(=O)OC[C@H](COP(=O)(O)OC[C@@H](O)COP(=O)(O)OC[C@@H](COC(=O)CCCCCCCCCCCC)OC(=O)CCCCCCCCCC(C)C)OC(=O)CCCCCCCCCCCCCCCCC(C)C. The summed E-state index contributed by atoms with van der Waals surface area (Å²) in [5.74, 6) is -0.630. The lowest BCUT2D eigenvalue weighted by Crippen LogP contribution is -2.30. The van der Waals surface area contributed by atoms with Crippen molar-refractivity contribution in [2.75, 3.05) is 39.6 Å². The molecule has 19 heteroatoms. The maximum Gasteiger partial charge on any atom is 0.472 e. The number of aliphatic hydroxyl groups excluding tert-OH is 1. The molecule has 0 saturated carbocycles. The molecule has 0 heterocycles. The third-order valence-electron chi connectivity index (χ3n) is 17.0. The Labute approximate surface area is 562 Å². The van der Waals surface area contributed by atoms with Crippen molar-refractivity contribution in [2.24, 2.45) is 11.8 Å². The Hall–Kier alpha value is -1.94. The van der Waals surface area contributed by atoms with Crippen LogP contribution in [0.15, 0.2) is 0 Å². The van der Waals surface area contributed by atoms with E-state index in [0.29, 0.717) is 31.6 Å². The second kappa shape index (κ2) is 65.0. The van der Waals surface area contributed by atoms with Gasteiger partial charge in [-0.25, -0.2) is 9.13 Å². The van der Waals surface area contributed by atoms with Crippen molar-refractivity contribution in [1.82, 2.24) is 0 Å². The number of ether oxygens (including phenoxy) is 4. The van der Waals surface area contributed by atoms with E-state index in [9.17, 15) is 43.2 Å². The highest BCUT2D eigenvalue weighted by atomic mass is 31.2. The molecule has 92 heavy (non-hydrogen) atoms. The number of phosphoric acid groups is 2. The van der Waals surface area contributed by atoms with Crippen LogP contribution in [-0.4, -0.2) is 96.7 Å². The van der Waals surface area contributed by atoms with Crippen LogP contribution in [0.25, 0.3) is 0 Å². The fraction of sp³-hybridized carbons (Fsp3) is 0.945. The highest BCUT2D eigenvalue weighted by molar-refractivity contribution is 7.47. The molecular formula is C73H142O17P2. The van der Waals surface area contributed by atoms with Crippen molar-refractivity contribution < 1.29 is 80.2 Å². The molecule has 0 aromatic carbocycles. The molecule has 0 aliphatic heterocycles. The van der Waals surface area contributed by atoms with Gasteiger partial charge in [-0.1, -0.05) is 324 Å². The molecule has 5 atom stereocenters. The minimum atomic E-state index is -4.95. The molecule has 0 aliphatic carbocycles. The Morgan fingerprint density at radius 1 is 0.293 bits per heavy atom. The van der Waals surface area contributed by atoms with Crippen molar-refractivity contribution >= 4 is 39.5 Å². The molecule has 0 saturated heterocycles. The van der Waals surface area contributed by atoms with Gasteiger partial charge >= 0.3 is 39.5 Å². The average molecular weight is 1350 g/mol.